The zero-order valence-corrected chi connectivity index (χ0v) is 17.2. The van der Waals surface area contributed by atoms with Gasteiger partial charge in [-0.1, -0.05) is 59.6 Å². The molecule has 2 unspecified atom stereocenters. The summed E-state index contributed by atoms with van der Waals surface area (Å²) in [6.45, 7) is 0.298. The van der Waals surface area contributed by atoms with E-state index in [9.17, 15) is 4.79 Å². The van der Waals surface area contributed by atoms with E-state index >= 15 is 0 Å². The molecule has 1 aliphatic rings. The van der Waals surface area contributed by atoms with Gasteiger partial charge in [-0.2, -0.15) is 5.10 Å². The number of nitrogens with two attached hydrogens (primary N) is 1. The van der Waals surface area contributed by atoms with Gasteiger partial charge < -0.3 is 16.4 Å². The summed E-state index contributed by atoms with van der Waals surface area (Å²) in [5.74, 6) is 0.0388. The Kier molecular flexibility index (Phi) is 5.89. The van der Waals surface area contributed by atoms with Gasteiger partial charge in [-0.05, 0) is 23.8 Å². The lowest BCUT2D eigenvalue weighted by Crippen LogP contribution is -2.30. The maximum absolute atomic E-state index is 12.0. The predicted molar refractivity (Wildman–Crippen MR) is 120 cm³/mol. The van der Waals surface area contributed by atoms with E-state index in [1.165, 1.54) is 0 Å². The SMILES string of the molecule is NC(=O)c1c(NCC2=NC(c3ccccc3)NC2Cl)n[nH]c1Nc1cccc(Cl)c1. The van der Waals surface area contributed by atoms with Gasteiger partial charge >= 0.3 is 0 Å². The number of hydrogen-bond donors (Lipinski definition) is 5. The van der Waals surface area contributed by atoms with Crippen LogP contribution in [0.25, 0.3) is 0 Å². The fourth-order valence-corrected chi connectivity index (χ4v) is 3.57. The molecule has 0 radical (unpaired) electrons. The first kappa shape index (κ1) is 20.2. The van der Waals surface area contributed by atoms with Gasteiger partial charge in [0.2, 0.25) is 0 Å². The van der Waals surface area contributed by atoms with Gasteiger partial charge in [0.1, 0.15) is 23.0 Å². The third-order valence-electron chi connectivity index (χ3n) is 4.55. The van der Waals surface area contributed by atoms with Crippen molar-refractivity contribution in [3.05, 3.63) is 70.7 Å². The van der Waals surface area contributed by atoms with Crippen LogP contribution in [-0.2, 0) is 0 Å². The molecule has 154 valence electrons. The summed E-state index contributed by atoms with van der Waals surface area (Å²) in [7, 11) is 0. The van der Waals surface area contributed by atoms with Crippen LogP contribution in [0.3, 0.4) is 0 Å². The average Bonchev–Trinajstić information content (AvgIpc) is 3.30. The first-order valence-electron chi connectivity index (χ1n) is 9.17. The third kappa shape index (κ3) is 4.40. The summed E-state index contributed by atoms with van der Waals surface area (Å²) in [5, 5.41) is 16.9. The number of H-pyrrole nitrogens is 1. The molecule has 0 fully saturated rings. The molecule has 0 aliphatic carbocycles. The summed E-state index contributed by atoms with van der Waals surface area (Å²) in [5.41, 5.74) is 7.75. The minimum absolute atomic E-state index is 0.201. The Hall–Kier alpha value is -3.07. The van der Waals surface area contributed by atoms with Crippen molar-refractivity contribution in [2.45, 2.75) is 11.7 Å². The van der Waals surface area contributed by atoms with Crippen molar-refractivity contribution in [1.82, 2.24) is 15.5 Å². The fourth-order valence-electron chi connectivity index (χ4n) is 3.13. The molecule has 10 heteroatoms. The van der Waals surface area contributed by atoms with Crippen LogP contribution in [0.2, 0.25) is 5.02 Å². The number of benzene rings is 2. The zero-order chi connectivity index (χ0) is 21.1. The van der Waals surface area contributed by atoms with Crippen LogP contribution >= 0.6 is 23.2 Å². The van der Waals surface area contributed by atoms with E-state index in [1.807, 2.05) is 36.4 Å². The van der Waals surface area contributed by atoms with Crippen molar-refractivity contribution >= 4 is 52.1 Å². The van der Waals surface area contributed by atoms with Gasteiger partial charge in [0, 0.05) is 10.7 Å². The van der Waals surface area contributed by atoms with Gasteiger partial charge in [-0.3, -0.25) is 20.2 Å². The Morgan fingerprint density at radius 3 is 2.70 bits per heavy atom. The Bertz CT molecular complexity index is 1080. The second-order valence-corrected chi connectivity index (χ2v) is 7.51. The molecule has 30 heavy (non-hydrogen) atoms. The molecule has 0 saturated carbocycles. The number of anilines is 3. The summed E-state index contributed by atoms with van der Waals surface area (Å²) >= 11 is 12.4. The number of carbonyl (C=O) groups is 1. The van der Waals surface area contributed by atoms with Crippen molar-refractivity contribution in [1.29, 1.82) is 0 Å². The number of hydrogen-bond acceptors (Lipinski definition) is 6. The van der Waals surface area contributed by atoms with Gasteiger partial charge in [0.15, 0.2) is 5.82 Å². The zero-order valence-electron chi connectivity index (χ0n) is 15.7. The molecule has 1 amide bonds. The van der Waals surface area contributed by atoms with E-state index in [0.29, 0.717) is 34.6 Å². The average molecular weight is 444 g/mol. The molecular weight excluding hydrogens is 425 g/mol. The maximum Gasteiger partial charge on any atom is 0.256 e. The summed E-state index contributed by atoms with van der Waals surface area (Å²) in [6, 6.07) is 16.9. The Morgan fingerprint density at radius 1 is 1.17 bits per heavy atom. The topological polar surface area (TPSA) is 120 Å². The van der Waals surface area contributed by atoms with E-state index in [1.54, 1.807) is 18.2 Å². The molecule has 6 N–H and O–H groups in total. The van der Waals surface area contributed by atoms with E-state index in [4.69, 9.17) is 28.9 Å². The quantitative estimate of drug-likeness (QED) is 0.282. The van der Waals surface area contributed by atoms with Crippen LogP contribution in [0, 0.1) is 0 Å². The van der Waals surface area contributed by atoms with Crippen LogP contribution in [0.4, 0.5) is 17.3 Å². The molecule has 3 aromatic rings. The monoisotopic (exact) mass is 443 g/mol. The summed E-state index contributed by atoms with van der Waals surface area (Å²) in [6.07, 6.45) is -0.222. The van der Waals surface area contributed by atoms with E-state index in [-0.39, 0.29) is 11.7 Å². The Balaban J connectivity index is 1.49. The summed E-state index contributed by atoms with van der Waals surface area (Å²) in [4.78, 5) is 16.7. The highest BCUT2D eigenvalue weighted by atomic mass is 35.5. The normalized spacial score (nSPS) is 18.1. The van der Waals surface area contributed by atoms with E-state index in [2.05, 4.69) is 31.1 Å². The molecule has 8 nitrogen and oxygen atoms in total. The van der Waals surface area contributed by atoms with Crippen LogP contribution in [0.5, 0.6) is 0 Å². The van der Waals surface area contributed by atoms with Crippen LogP contribution in [0.15, 0.2) is 59.6 Å². The van der Waals surface area contributed by atoms with Crippen molar-refractivity contribution in [2.24, 2.45) is 10.7 Å². The standard InChI is InChI=1S/C20H19Cl2N7O/c21-12-7-4-8-13(9-12)25-20-15(17(23)30)19(28-29-20)24-10-14-16(22)27-18(26-14)11-5-2-1-3-6-11/h1-9,16,18,27H,10H2,(H2,23,30)(H3,24,25,28,29). The molecule has 2 heterocycles. The maximum atomic E-state index is 12.0. The molecule has 0 saturated heterocycles. The van der Waals surface area contributed by atoms with Crippen molar-refractivity contribution in [3.63, 3.8) is 0 Å². The Morgan fingerprint density at radius 2 is 1.97 bits per heavy atom. The van der Waals surface area contributed by atoms with Crippen LogP contribution < -0.4 is 21.7 Å². The number of nitrogens with zero attached hydrogens (tertiary/aromatic N) is 2. The highest BCUT2D eigenvalue weighted by Gasteiger charge is 2.27. The van der Waals surface area contributed by atoms with Crippen molar-refractivity contribution < 1.29 is 4.79 Å². The van der Waals surface area contributed by atoms with Crippen LogP contribution in [0.1, 0.15) is 22.1 Å². The van der Waals surface area contributed by atoms with Gasteiger partial charge in [0.25, 0.3) is 5.91 Å². The molecule has 4 rings (SSSR count). The number of rotatable bonds is 7. The number of alkyl halides is 1. The fraction of sp³-hybridized carbons (Fsp3) is 0.150. The highest BCUT2D eigenvalue weighted by molar-refractivity contribution is 6.33. The first-order chi connectivity index (χ1) is 14.5. The molecule has 2 aromatic carbocycles. The lowest BCUT2D eigenvalue weighted by molar-refractivity contribution is 0.100. The molecule has 1 aromatic heterocycles. The van der Waals surface area contributed by atoms with E-state index in [0.717, 1.165) is 5.56 Å². The number of aliphatic imine (C=N–C) groups is 1. The van der Waals surface area contributed by atoms with Gasteiger partial charge in [-0.25, -0.2) is 0 Å². The number of halogens is 2. The van der Waals surface area contributed by atoms with E-state index < -0.39 is 11.4 Å². The number of nitrogens with one attached hydrogen (secondary N) is 4. The first-order valence-corrected chi connectivity index (χ1v) is 9.99. The minimum atomic E-state index is -0.633. The lowest BCUT2D eigenvalue weighted by Gasteiger charge is -2.10. The predicted octanol–water partition coefficient (Wildman–Crippen LogP) is 3.63. The highest BCUT2D eigenvalue weighted by Crippen LogP contribution is 2.27. The molecular formula is C20H19Cl2N7O. The van der Waals surface area contributed by atoms with Gasteiger partial charge in [0.05, 0.1) is 12.3 Å². The molecule has 0 bridgehead atoms. The number of primary amides is 1. The minimum Gasteiger partial charge on any atom is -0.365 e. The second-order valence-electron chi connectivity index (χ2n) is 6.64. The number of aromatic amines is 1. The molecule has 0 spiro atoms. The number of aromatic nitrogens is 2. The molecule has 1 aliphatic heterocycles. The van der Waals surface area contributed by atoms with Crippen LogP contribution in [-0.4, -0.2) is 33.9 Å². The second kappa shape index (κ2) is 8.74. The van der Waals surface area contributed by atoms with Crippen molar-refractivity contribution in [2.75, 3.05) is 17.2 Å². The third-order valence-corrected chi connectivity index (χ3v) is 5.16. The number of carbonyl (C=O) groups excluding carboxylic acids is 1. The Labute approximate surface area is 182 Å². The smallest absolute Gasteiger partial charge is 0.256 e. The number of amides is 1. The van der Waals surface area contributed by atoms with Crippen molar-refractivity contribution in [3.8, 4) is 0 Å². The lowest BCUT2D eigenvalue weighted by atomic mass is 10.2. The molecule has 2 atom stereocenters. The summed E-state index contributed by atoms with van der Waals surface area (Å²) < 4.78 is 0. The largest absolute Gasteiger partial charge is 0.365 e. The van der Waals surface area contributed by atoms with Gasteiger partial charge in [-0.15, -0.1) is 0 Å².